The minimum atomic E-state index is 0.170. The Morgan fingerprint density at radius 1 is 0.893 bits per heavy atom. The fourth-order valence-corrected chi connectivity index (χ4v) is 3.63. The molecule has 1 atom stereocenters. The molecule has 0 saturated carbocycles. The van der Waals surface area contributed by atoms with Crippen LogP contribution in [0, 0.1) is 12.8 Å². The van der Waals surface area contributed by atoms with Crippen molar-refractivity contribution >= 4 is 5.57 Å². The molecule has 0 fully saturated rings. The summed E-state index contributed by atoms with van der Waals surface area (Å²) in [5, 5.41) is 0. The average Bonchev–Trinajstić information content (AvgIpc) is 3.38. The Kier molecular flexibility index (Phi) is 5.48. The molecule has 142 valence electrons. The van der Waals surface area contributed by atoms with E-state index in [2.05, 4.69) is 74.5 Å². The van der Waals surface area contributed by atoms with Crippen molar-refractivity contribution in [3.8, 4) is 0 Å². The molecule has 1 unspecified atom stereocenters. The minimum absolute atomic E-state index is 0.170. The van der Waals surface area contributed by atoms with E-state index < -0.39 is 0 Å². The summed E-state index contributed by atoms with van der Waals surface area (Å²) in [6, 6.07) is 21.4. The van der Waals surface area contributed by atoms with Crippen LogP contribution in [-0.4, -0.2) is 0 Å². The van der Waals surface area contributed by atoms with Gasteiger partial charge in [0.1, 0.15) is 18.1 Å². The van der Waals surface area contributed by atoms with Crippen LogP contribution in [0.2, 0.25) is 0 Å². The van der Waals surface area contributed by atoms with Gasteiger partial charge in [-0.25, -0.2) is 0 Å². The standard InChI is InChI=1S/C26H26O2/c1-3-20-10-12-22(13-11-20)24-14-15-26(25(24)17-23-5-4-16-27-23)28-18-21-8-6-19(2)7-9-21/h4-16,25H,3,17-18H2,1-2H3. The van der Waals surface area contributed by atoms with Gasteiger partial charge in [-0.2, -0.15) is 0 Å². The van der Waals surface area contributed by atoms with Crippen LogP contribution in [0.5, 0.6) is 0 Å². The molecule has 0 radical (unpaired) electrons. The molecule has 4 rings (SSSR count). The van der Waals surface area contributed by atoms with E-state index in [0.717, 1.165) is 24.4 Å². The molecular weight excluding hydrogens is 344 g/mol. The zero-order valence-corrected chi connectivity index (χ0v) is 16.5. The Morgan fingerprint density at radius 2 is 1.64 bits per heavy atom. The van der Waals surface area contributed by atoms with Gasteiger partial charge < -0.3 is 9.15 Å². The minimum Gasteiger partial charge on any atom is -0.493 e. The molecule has 0 saturated heterocycles. The fourth-order valence-electron chi connectivity index (χ4n) is 3.63. The van der Waals surface area contributed by atoms with E-state index in [-0.39, 0.29) is 5.92 Å². The first-order valence-corrected chi connectivity index (χ1v) is 9.94. The molecule has 0 N–H and O–H groups in total. The van der Waals surface area contributed by atoms with E-state index in [4.69, 9.17) is 9.15 Å². The van der Waals surface area contributed by atoms with Crippen molar-refractivity contribution in [1.29, 1.82) is 0 Å². The lowest BCUT2D eigenvalue weighted by Gasteiger charge is -2.20. The summed E-state index contributed by atoms with van der Waals surface area (Å²) in [5.74, 6) is 2.16. The molecule has 1 heterocycles. The molecule has 0 spiro atoms. The summed E-state index contributed by atoms with van der Waals surface area (Å²) in [7, 11) is 0. The lowest BCUT2D eigenvalue weighted by Crippen LogP contribution is -2.10. The van der Waals surface area contributed by atoms with Gasteiger partial charge in [0, 0.05) is 12.3 Å². The van der Waals surface area contributed by atoms with Crippen LogP contribution >= 0.6 is 0 Å². The van der Waals surface area contributed by atoms with Crippen molar-refractivity contribution < 1.29 is 9.15 Å². The molecule has 0 aliphatic heterocycles. The third-order valence-electron chi connectivity index (χ3n) is 5.35. The summed E-state index contributed by atoms with van der Waals surface area (Å²) in [4.78, 5) is 0. The van der Waals surface area contributed by atoms with Crippen LogP contribution in [-0.2, 0) is 24.2 Å². The largest absolute Gasteiger partial charge is 0.493 e. The topological polar surface area (TPSA) is 22.4 Å². The second-order valence-corrected chi connectivity index (χ2v) is 7.35. The van der Waals surface area contributed by atoms with Crippen molar-refractivity contribution in [2.75, 3.05) is 0 Å². The number of rotatable bonds is 7. The van der Waals surface area contributed by atoms with E-state index in [1.54, 1.807) is 6.26 Å². The van der Waals surface area contributed by atoms with Crippen LogP contribution in [0.1, 0.15) is 34.9 Å². The molecule has 0 amide bonds. The second-order valence-electron chi connectivity index (χ2n) is 7.35. The normalized spacial score (nSPS) is 16.0. The summed E-state index contributed by atoms with van der Waals surface area (Å²) in [6.07, 6.45) is 7.90. The van der Waals surface area contributed by atoms with Gasteiger partial charge in [0.25, 0.3) is 0 Å². The van der Waals surface area contributed by atoms with Crippen molar-refractivity contribution in [1.82, 2.24) is 0 Å². The molecular formula is C26H26O2. The fraction of sp³-hybridized carbons (Fsp3) is 0.231. The second kappa shape index (κ2) is 8.35. The molecule has 1 aliphatic carbocycles. The molecule has 2 heteroatoms. The summed E-state index contributed by atoms with van der Waals surface area (Å²) in [5.41, 5.74) is 6.34. The quantitative estimate of drug-likeness (QED) is 0.473. The van der Waals surface area contributed by atoms with Crippen LogP contribution in [0.4, 0.5) is 0 Å². The highest BCUT2D eigenvalue weighted by Crippen LogP contribution is 2.38. The lowest BCUT2D eigenvalue weighted by molar-refractivity contribution is 0.176. The zero-order valence-electron chi connectivity index (χ0n) is 16.5. The van der Waals surface area contributed by atoms with Crippen LogP contribution in [0.25, 0.3) is 5.57 Å². The first kappa shape index (κ1) is 18.4. The highest BCUT2D eigenvalue weighted by atomic mass is 16.5. The average molecular weight is 370 g/mol. The highest BCUT2D eigenvalue weighted by molar-refractivity contribution is 5.74. The van der Waals surface area contributed by atoms with E-state index >= 15 is 0 Å². The molecule has 0 bridgehead atoms. The third-order valence-corrected chi connectivity index (χ3v) is 5.35. The number of allylic oxidation sites excluding steroid dienone is 3. The molecule has 1 aromatic heterocycles. The van der Waals surface area contributed by atoms with E-state index in [9.17, 15) is 0 Å². The number of benzene rings is 2. The monoisotopic (exact) mass is 370 g/mol. The highest BCUT2D eigenvalue weighted by Gasteiger charge is 2.27. The number of furan rings is 1. The van der Waals surface area contributed by atoms with Gasteiger partial charge in [-0.15, -0.1) is 0 Å². The summed E-state index contributed by atoms with van der Waals surface area (Å²) >= 11 is 0. The first-order valence-electron chi connectivity index (χ1n) is 9.94. The van der Waals surface area contributed by atoms with Gasteiger partial charge in [-0.05, 0) is 53.8 Å². The number of hydrogen-bond acceptors (Lipinski definition) is 2. The van der Waals surface area contributed by atoms with Crippen molar-refractivity contribution in [2.24, 2.45) is 5.92 Å². The van der Waals surface area contributed by atoms with Crippen molar-refractivity contribution in [3.05, 3.63) is 113 Å². The van der Waals surface area contributed by atoms with Gasteiger partial charge in [-0.3, -0.25) is 0 Å². The number of aryl methyl sites for hydroxylation is 2. The van der Waals surface area contributed by atoms with Gasteiger partial charge in [0.05, 0.1) is 6.26 Å². The molecule has 1 aliphatic rings. The summed E-state index contributed by atoms with van der Waals surface area (Å²) in [6.45, 7) is 4.86. The van der Waals surface area contributed by atoms with Crippen LogP contribution in [0.15, 0.2) is 89.3 Å². The van der Waals surface area contributed by atoms with E-state index in [1.165, 1.54) is 27.8 Å². The third kappa shape index (κ3) is 4.12. The Bertz CT molecular complexity index is 958. The maximum Gasteiger partial charge on any atom is 0.113 e. The van der Waals surface area contributed by atoms with Crippen molar-refractivity contribution in [3.63, 3.8) is 0 Å². The smallest absolute Gasteiger partial charge is 0.113 e. The predicted octanol–water partition coefficient (Wildman–Crippen LogP) is 6.51. The molecule has 2 aromatic carbocycles. The van der Waals surface area contributed by atoms with Gasteiger partial charge in [-0.1, -0.05) is 67.1 Å². The lowest BCUT2D eigenvalue weighted by atomic mass is 9.90. The number of hydrogen-bond donors (Lipinski definition) is 0. The first-order chi connectivity index (χ1) is 13.7. The Labute approximate surface area is 167 Å². The summed E-state index contributed by atoms with van der Waals surface area (Å²) < 4.78 is 11.9. The molecule has 2 nitrogen and oxygen atoms in total. The maximum atomic E-state index is 6.25. The Morgan fingerprint density at radius 3 is 2.32 bits per heavy atom. The predicted molar refractivity (Wildman–Crippen MR) is 114 cm³/mol. The zero-order chi connectivity index (χ0) is 19.3. The molecule has 3 aromatic rings. The number of ether oxygens (including phenoxy) is 1. The van der Waals surface area contributed by atoms with E-state index in [0.29, 0.717) is 6.61 Å². The van der Waals surface area contributed by atoms with Crippen LogP contribution < -0.4 is 0 Å². The van der Waals surface area contributed by atoms with Crippen molar-refractivity contribution in [2.45, 2.75) is 33.3 Å². The Hall–Kier alpha value is -3.00. The maximum absolute atomic E-state index is 6.25. The van der Waals surface area contributed by atoms with Gasteiger partial charge in [0.2, 0.25) is 0 Å². The van der Waals surface area contributed by atoms with Crippen LogP contribution in [0.3, 0.4) is 0 Å². The molecule has 28 heavy (non-hydrogen) atoms. The van der Waals surface area contributed by atoms with E-state index in [1.807, 2.05) is 12.1 Å². The van der Waals surface area contributed by atoms with Gasteiger partial charge >= 0.3 is 0 Å². The van der Waals surface area contributed by atoms with Gasteiger partial charge in [0.15, 0.2) is 0 Å². The SMILES string of the molecule is CCc1ccc(C2=CC=C(OCc3ccc(C)cc3)C2Cc2ccco2)cc1. The Balaban J connectivity index is 1.53.